The van der Waals surface area contributed by atoms with Crippen molar-refractivity contribution in [1.29, 1.82) is 0 Å². The van der Waals surface area contributed by atoms with Gasteiger partial charge in [0.25, 0.3) is 0 Å². The Bertz CT molecular complexity index is 339. The predicted molar refractivity (Wildman–Crippen MR) is 78.6 cm³/mol. The number of anilines is 1. The van der Waals surface area contributed by atoms with Gasteiger partial charge in [-0.2, -0.15) is 0 Å². The molecule has 3 heteroatoms. The minimum atomic E-state index is 0.438. The first-order valence-corrected chi connectivity index (χ1v) is 6.81. The van der Waals surface area contributed by atoms with Crippen molar-refractivity contribution >= 4 is 5.69 Å². The summed E-state index contributed by atoms with van der Waals surface area (Å²) < 4.78 is 5.86. The maximum absolute atomic E-state index is 5.86. The maximum Gasteiger partial charge on any atom is 0.121 e. The number of benzene rings is 1. The molecular formula is C15H26N2O. The molecule has 0 aliphatic heterocycles. The minimum absolute atomic E-state index is 0.438. The van der Waals surface area contributed by atoms with Crippen LogP contribution in [0.25, 0.3) is 0 Å². The van der Waals surface area contributed by atoms with Gasteiger partial charge < -0.3 is 15.0 Å². The van der Waals surface area contributed by atoms with Gasteiger partial charge in [0.05, 0.1) is 0 Å². The molecule has 3 nitrogen and oxygen atoms in total. The fourth-order valence-electron chi connectivity index (χ4n) is 1.72. The van der Waals surface area contributed by atoms with Gasteiger partial charge in [0.1, 0.15) is 12.4 Å². The first-order valence-electron chi connectivity index (χ1n) is 6.81. The van der Waals surface area contributed by atoms with E-state index in [4.69, 9.17) is 4.74 Å². The number of nitrogens with zero attached hydrogens (tertiary/aromatic N) is 1. The fraction of sp³-hybridized carbons (Fsp3) is 0.600. The Morgan fingerprint density at radius 2 is 2.06 bits per heavy atom. The highest BCUT2D eigenvalue weighted by molar-refractivity contribution is 5.49. The Kier molecular flexibility index (Phi) is 6.58. The van der Waals surface area contributed by atoms with Crippen molar-refractivity contribution in [2.75, 3.05) is 32.1 Å². The van der Waals surface area contributed by atoms with E-state index in [1.54, 1.807) is 0 Å². The van der Waals surface area contributed by atoms with Crippen LogP contribution in [0, 0.1) is 0 Å². The molecule has 0 saturated heterocycles. The van der Waals surface area contributed by atoms with Crippen molar-refractivity contribution < 1.29 is 4.74 Å². The Morgan fingerprint density at radius 1 is 1.28 bits per heavy atom. The van der Waals surface area contributed by atoms with E-state index >= 15 is 0 Å². The van der Waals surface area contributed by atoms with E-state index in [1.165, 1.54) is 5.69 Å². The third kappa shape index (κ3) is 4.96. The zero-order valence-corrected chi connectivity index (χ0v) is 12.1. The average Bonchev–Trinajstić information content (AvgIpc) is 2.39. The van der Waals surface area contributed by atoms with Crippen LogP contribution in [0.2, 0.25) is 0 Å². The highest BCUT2D eigenvalue weighted by Crippen LogP contribution is 2.19. The monoisotopic (exact) mass is 250 g/mol. The van der Waals surface area contributed by atoms with Gasteiger partial charge in [-0.15, -0.1) is 0 Å². The second-order valence-corrected chi connectivity index (χ2v) is 4.76. The zero-order chi connectivity index (χ0) is 13.4. The Hall–Kier alpha value is -1.22. The van der Waals surface area contributed by atoms with Crippen molar-refractivity contribution in [3.63, 3.8) is 0 Å². The van der Waals surface area contributed by atoms with Gasteiger partial charge >= 0.3 is 0 Å². The van der Waals surface area contributed by atoms with E-state index in [0.717, 1.165) is 31.7 Å². The van der Waals surface area contributed by atoms with Crippen LogP contribution in [-0.2, 0) is 0 Å². The van der Waals surface area contributed by atoms with E-state index in [2.05, 4.69) is 36.2 Å². The lowest BCUT2D eigenvalue weighted by molar-refractivity contribution is 0.260. The molecule has 0 saturated carbocycles. The van der Waals surface area contributed by atoms with Crippen molar-refractivity contribution in [3.05, 3.63) is 24.3 Å². The average molecular weight is 250 g/mol. The van der Waals surface area contributed by atoms with Crippen molar-refractivity contribution in [1.82, 2.24) is 5.32 Å². The molecule has 1 unspecified atom stereocenters. The number of hydrogen-bond acceptors (Lipinski definition) is 3. The second-order valence-electron chi connectivity index (χ2n) is 4.76. The SMILES string of the molecule is CCCNC(CC)COc1cccc(N(C)C)c1. The number of ether oxygens (including phenoxy) is 1. The molecule has 0 heterocycles. The van der Waals surface area contributed by atoms with Gasteiger partial charge in [0, 0.05) is 31.9 Å². The van der Waals surface area contributed by atoms with Crippen LogP contribution < -0.4 is 15.0 Å². The van der Waals surface area contributed by atoms with Gasteiger partial charge in [-0.25, -0.2) is 0 Å². The van der Waals surface area contributed by atoms with Crippen LogP contribution in [-0.4, -0.2) is 33.3 Å². The number of rotatable bonds is 8. The zero-order valence-electron chi connectivity index (χ0n) is 12.1. The first kappa shape index (κ1) is 14.8. The van der Waals surface area contributed by atoms with Crippen LogP contribution in [0.4, 0.5) is 5.69 Å². The molecule has 1 atom stereocenters. The Balaban J connectivity index is 2.48. The Morgan fingerprint density at radius 3 is 2.67 bits per heavy atom. The summed E-state index contributed by atoms with van der Waals surface area (Å²) in [5.74, 6) is 0.943. The second kappa shape index (κ2) is 7.98. The smallest absolute Gasteiger partial charge is 0.121 e. The van der Waals surface area contributed by atoms with Gasteiger partial charge in [-0.1, -0.05) is 19.9 Å². The highest BCUT2D eigenvalue weighted by atomic mass is 16.5. The molecule has 0 radical (unpaired) electrons. The van der Waals surface area contributed by atoms with Crippen LogP contribution in [0.5, 0.6) is 5.75 Å². The molecule has 0 amide bonds. The largest absolute Gasteiger partial charge is 0.492 e. The molecule has 0 aliphatic carbocycles. The molecule has 0 aliphatic rings. The van der Waals surface area contributed by atoms with E-state index < -0.39 is 0 Å². The Labute approximate surface area is 111 Å². The summed E-state index contributed by atoms with van der Waals surface area (Å²) in [6.45, 7) is 6.15. The molecule has 18 heavy (non-hydrogen) atoms. The van der Waals surface area contributed by atoms with E-state index in [1.807, 2.05) is 26.2 Å². The van der Waals surface area contributed by atoms with Crippen molar-refractivity contribution in [3.8, 4) is 5.75 Å². The minimum Gasteiger partial charge on any atom is -0.492 e. The summed E-state index contributed by atoms with van der Waals surface area (Å²) >= 11 is 0. The molecule has 1 aromatic rings. The fourth-order valence-corrected chi connectivity index (χ4v) is 1.72. The molecule has 1 rings (SSSR count). The summed E-state index contributed by atoms with van der Waals surface area (Å²) in [6, 6.07) is 8.64. The molecule has 0 aromatic heterocycles. The molecule has 0 bridgehead atoms. The van der Waals surface area contributed by atoms with Crippen LogP contribution in [0.1, 0.15) is 26.7 Å². The van der Waals surface area contributed by atoms with Gasteiger partial charge in [0.2, 0.25) is 0 Å². The summed E-state index contributed by atoms with van der Waals surface area (Å²) in [5, 5.41) is 3.49. The summed E-state index contributed by atoms with van der Waals surface area (Å²) in [6.07, 6.45) is 2.25. The lowest BCUT2D eigenvalue weighted by Crippen LogP contribution is -2.34. The summed E-state index contributed by atoms with van der Waals surface area (Å²) in [7, 11) is 4.08. The van der Waals surface area contributed by atoms with Crippen molar-refractivity contribution in [2.45, 2.75) is 32.7 Å². The van der Waals surface area contributed by atoms with Gasteiger partial charge in [0.15, 0.2) is 0 Å². The van der Waals surface area contributed by atoms with Crippen molar-refractivity contribution in [2.24, 2.45) is 0 Å². The third-order valence-electron chi connectivity index (χ3n) is 2.96. The standard InChI is InChI=1S/C15H26N2O/c1-5-10-16-13(6-2)12-18-15-9-7-8-14(11-15)17(3)4/h7-9,11,13,16H,5-6,10,12H2,1-4H3. The topological polar surface area (TPSA) is 24.5 Å². The normalized spacial score (nSPS) is 12.2. The highest BCUT2D eigenvalue weighted by Gasteiger charge is 2.06. The van der Waals surface area contributed by atoms with E-state index in [9.17, 15) is 0 Å². The molecule has 0 spiro atoms. The maximum atomic E-state index is 5.86. The molecule has 102 valence electrons. The summed E-state index contributed by atoms with van der Waals surface area (Å²) in [4.78, 5) is 2.08. The molecule has 1 aromatic carbocycles. The molecule has 1 N–H and O–H groups in total. The lowest BCUT2D eigenvalue weighted by Gasteiger charge is -2.18. The molecular weight excluding hydrogens is 224 g/mol. The third-order valence-corrected chi connectivity index (χ3v) is 2.96. The van der Waals surface area contributed by atoms with E-state index in [0.29, 0.717) is 6.04 Å². The molecule has 0 fully saturated rings. The van der Waals surface area contributed by atoms with Crippen LogP contribution >= 0.6 is 0 Å². The van der Waals surface area contributed by atoms with Gasteiger partial charge in [-0.05, 0) is 31.5 Å². The van der Waals surface area contributed by atoms with Crippen LogP contribution in [0.15, 0.2) is 24.3 Å². The van der Waals surface area contributed by atoms with Crippen LogP contribution in [0.3, 0.4) is 0 Å². The summed E-state index contributed by atoms with van der Waals surface area (Å²) in [5.41, 5.74) is 1.17. The van der Waals surface area contributed by atoms with Gasteiger partial charge in [-0.3, -0.25) is 0 Å². The predicted octanol–water partition coefficient (Wildman–Crippen LogP) is 2.91. The number of nitrogens with one attached hydrogen (secondary N) is 1. The quantitative estimate of drug-likeness (QED) is 0.768. The number of hydrogen-bond donors (Lipinski definition) is 1. The van der Waals surface area contributed by atoms with E-state index in [-0.39, 0.29) is 0 Å². The lowest BCUT2D eigenvalue weighted by atomic mass is 10.2. The first-order chi connectivity index (χ1) is 8.67.